The second-order valence-electron chi connectivity index (χ2n) is 8.16. The number of nitrogens with zero attached hydrogens (tertiary/aromatic N) is 3. The van der Waals surface area contributed by atoms with E-state index < -0.39 is 0 Å². The average molecular weight is 439 g/mol. The number of carbonyl (C=O) groups is 1. The molecule has 3 rings (SSSR count). The zero-order chi connectivity index (χ0) is 21.9. The molecule has 1 aromatic heterocycles. The molecule has 1 heterocycles. The van der Waals surface area contributed by atoms with Gasteiger partial charge >= 0.3 is 0 Å². The van der Waals surface area contributed by atoms with Gasteiger partial charge in [-0.25, -0.2) is 0 Å². The van der Waals surface area contributed by atoms with E-state index in [1.54, 1.807) is 11.8 Å². The number of nitrogens with one attached hydrogen (secondary N) is 1. The molecule has 1 aromatic carbocycles. The van der Waals surface area contributed by atoms with E-state index in [1.165, 1.54) is 5.57 Å². The third-order valence-electron chi connectivity index (χ3n) is 5.36. The SMILES string of the molecule is CCCCNC(=O)CCCCc1nnc(SCC2=CC=CC(C)C2)n1-c1ccccc1. The number of para-hydroxylation sites is 1. The number of amides is 1. The van der Waals surface area contributed by atoms with E-state index in [9.17, 15) is 4.79 Å². The molecule has 2 aromatic rings. The maximum atomic E-state index is 11.9. The van der Waals surface area contributed by atoms with Gasteiger partial charge in [-0.3, -0.25) is 9.36 Å². The Labute approximate surface area is 190 Å². The normalized spacial score (nSPS) is 15.7. The number of hydrogen-bond donors (Lipinski definition) is 1. The molecule has 1 aliphatic carbocycles. The Morgan fingerprint density at radius 2 is 2.03 bits per heavy atom. The molecule has 1 N–H and O–H groups in total. The number of rotatable bonds is 12. The summed E-state index contributed by atoms with van der Waals surface area (Å²) in [6, 6.07) is 10.3. The van der Waals surface area contributed by atoms with Crippen LogP contribution in [0.25, 0.3) is 5.69 Å². The number of aryl methyl sites for hydroxylation is 1. The van der Waals surface area contributed by atoms with Crippen LogP contribution in [-0.2, 0) is 11.2 Å². The first-order valence-corrected chi connectivity index (χ1v) is 12.4. The first kappa shape index (κ1) is 23.3. The summed E-state index contributed by atoms with van der Waals surface area (Å²) in [5.74, 6) is 2.64. The molecule has 31 heavy (non-hydrogen) atoms. The monoisotopic (exact) mass is 438 g/mol. The van der Waals surface area contributed by atoms with Gasteiger partial charge in [0.15, 0.2) is 5.16 Å². The number of allylic oxidation sites excluding steroid dienone is 3. The van der Waals surface area contributed by atoms with E-state index in [0.717, 1.165) is 67.5 Å². The molecule has 0 saturated carbocycles. The number of thioether (sulfide) groups is 1. The second-order valence-corrected chi connectivity index (χ2v) is 9.10. The molecule has 0 bridgehead atoms. The van der Waals surface area contributed by atoms with Crippen molar-refractivity contribution in [3.8, 4) is 5.69 Å². The lowest BCUT2D eigenvalue weighted by Gasteiger charge is -2.14. The highest BCUT2D eigenvalue weighted by molar-refractivity contribution is 7.99. The Balaban J connectivity index is 1.60. The lowest BCUT2D eigenvalue weighted by Crippen LogP contribution is -2.23. The average Bonchev–Trinajstić information content (AvgIpc) is 3.19. The number of aromatic nitrogens is 3. The number of carbonyl (C=O) groups excluding carboxylic acids is 1. The van der Waals surface area contributed by atoms with Crippen LogP contribution in [0.4, 0.5) is 0 Å². The summed E-state index contributed by atoms with van der Waals surface area (Å²) in [7, 11) is 0. The van der Waals surface area contributed by atoms with E-state index in [0.29, 0.717) is 12.3 Å². The van der Waals surface area contributed by atoms with Crippen molar-refractivity contribution in [3.05, 3.63) is 60.0 Å². The van der Waals surface area contributed by atoms with Crippen LogP contribution in [0.15, 0.2) is 59.3 Å². The van der Waals surface area contributed by atoms with Crippen LogP contribution in [0.2, 0.25) is 0 Å². The molecule has 0 saturated heterocycles. The van der Waals surface area contributed by atoms with Crippen molar-refractivity contribution in [1.29, 1.82) is 0 Å². The first-order valence-electron chi connectivity index (χ1n) is 11.4. The summed E-state index contributed by atoms with van der Waals surface area (Å²) in [6.07, 6.45) is 13.1. The van der Waals surface area contributed by atoms with Crippen LogP contribution in [-0.4, -0.2) is 33.0 Å². The summed E-state index contributed by atoms with van der Waals surface area (Å²) in [5, 5.41) is 12.9. The van der Waals surface area contributed by atoms with Gasteiger partial charge in [-0.2, -0.15) is 0 Å². The fourth-order valence-electron chi connectivity index (χ4n) is 3.65. The van der Waals surface area contributed by atoms with Gasteiger partial charge in [-0.05, 0) is 43.7 Å². The molecule has 1 unspecified atom stereocenters. The van der Waals surface area contributed by atoms with Gasteiger partial charge in [0.25, 0.3) is 0 Å². The molecule has 5 nitrogen and oxygen atoms in total. The topological polar surface area (TPSA) is 59.8 Å². The van der Waals surface area contributed by atoms with Crippen LogP contribution in [0, 0.1) is 5.92 Å². The Hall–Kier alpha value is -2.34. The van der Waals surface area contributed by atoms with Gasteiger partial charge in [0, 0.05) is 30.8 Å². The molecule has 166 valence electrons. The summed E-state index contributed by atoms with van der Waals surface area (Å²) in [5.41, 5.74) is 2.53. The van der Waals surface area contributed by atoms with E-state index in [1.807, 2.05) is 18.2 Å². The molecule has 1 atom stereocenters. The maximum Gasteiger partial charge on any atom is 0.219 e. The van der Waals surface area contributed by atoms with Crippen molar-refractivity contribution >= 4 is 17.7 Å². The highest BCUT2D eigenvalue weighted by atomic mass is 32.2. The van der Waals surface area contributed by atoms with Gasteiger partial charge in [0.2, 0.25) is 5.91 Å². The second kappa shape index (κ2) is 12.5. The summed E-state index contributed by atoms with van der Waals surface area (Å²) in [4.78, 5) is 11.9. The first-order chi connectivity index (χ1) is 15.2. The van der Waals surface area contributed by atoms with Crippen molar-refractivity contribution in [1.82, 2.24) is 20.1 Å². The molecule has 0 aliphatic heterocycles. The van der Waals surface area contributed by atoms with Crippen LogP contribution in [0.5, 0.6) is 0 Å². The highest BCUT2D eigenvalue weighted by Gasteiger charge is 2.16. The van der Waals surface area contributed by atoms with Crippen molar-refractivity contribution < 1.29 is 4.79 Å². The standard InChI is InChI=1S/C25H34N4OS/c1-3-4-17-26-24(30)16-9-8-15-23-27-28-25(29(23)22-13-6-5-7-14-22)31-19-21-12-10-11-20(2)18-21/h5-7,10-14,20H,3-4,8-9,15-19H2,1-2H3,(H,26,30). The quantitative estimate of drug-likeness (QED) is 0.351. The van der Waals surface area contributed by atoms with Gasteiger partial charge in [0.05, 0.1) is 0 Å². The Bertz CT molecular complexity index is 888. The smallest absolute Gasteiger partial charge is 0.219 e. The zero-order valence-corrected chi connectivity index (χ0v) is 19.5. The number of hydrogen-bond acceptors (Lipinski definition) is 4. The third kappa shape index (κ3) is 7.39. The van der Waals surface area contributed by atoms with Crippen LogP contribution >= 0.6 is 11.8 Å². The van der Waals surface area contributed by atoms with Gasteiger partial charge in [-0.15, -0.1) is 10.2 Å². The van der Waals surface area contributed by atoms with Gasteiger partial charge in [-0.1, -0.05) is 74.0 Å². The molecule has 1 amide bonds. The van der Waals surface area contributed by atoms with E-state index in [-0.39, 0.29) is 5.91 Å². The Kier molecular flexibility index (Phi) is 9.40. The predicted molar refractivity (Wildman–Crippen MR) is 129 cm³/mol. The summed E-state index contributed by atoms with van der Waals surface area (Å²) in [6.45, 7) is 5.16. The molecule has 0 spiro atoms. The number of unbranched alkanes of at least 4 members (excludes halogenated alkanes) is 2. The zero-order valence-electron chi connectivity index (χ0n) is 18.7. The number of benzene rings is 1. The van der Waals surface area contributed by atoms with Gasteiger partial charge < -0.3 is 5.32 Å². The largest absolute Gasteiger partial charge is 0.356 e. The Morgan fingerprint density at radius 1 is 1.19 bits per heavy atom. The molecule has 6 heteroatoms. The van der Waals surface area contributed by atoms with Crippen molar-refractivity contribution in [2.24, 2.45) is 5.92 Å². The van der Waals surface area contributed by atoms with E-state index >= 15 is 0 Å². The fourth-order valence-corrected chi connectivity index (χ4v) is 4.62. The fraction of sp³-hybridized carbons (Fsp3) is 0.480. The van der Waals surface area contributed by atoms with Crippen molar-refractivity contribution in [2.45, 2.75) is 63.9 Å². The maximum absolute atomic E-state index is 11.9. The minimum absolute atomic E-state index is 0.151. The molecule has 0 radical (unpaired) electrons. The van der Waals surface area contributed by atoms with Crippen molar-refractivity contribution in [3.63, 3.8) is 0 Å². The van der Waals surface area contributed by atoms with Crippen LogP contribution in [0.3, 0.4) is 0 Å². The summed E-state index contributed by atoms with van der Waals surface area (Å²) >= 11 is 1.75. The lowest BCUT2D eigenvalue weighted by atomic mass is 9.97. The Morgan fingerprint density at radius 3 is 2.81 bits per heavy atom. The molecular weight excluding hydrogens is 404 g/mol. The summed E-state index contributed by atoms with van der Waals surface area (Å²) < 4.78 is 2.18. The van der Waals surface area contributed by atoms with E-state index in [2.05, 4.69) is 64.3 Å². The molecule has 0 fully saturated rings. The van der Waals surface area contributed by atoms with Gasteiger partial charge in [0.1, 0.15) is 5.82 Å². The van der Waals surface area contributed by atoms with Crippen molar-refractivity contribution in [2.75, 3.05) is 12.3 Å². The third-order valence-corrected chi connectivity index (χ3v) is 6.40. The minimum Gasteiger partial charge on any atom is -0.356 e. The van der Waals surface area contributed by atoms with Crippen LogP contribution < -0.4 is 5.32 Å². The van der Waals surface area contributed by atoms with E-state index in [4.69, 9.17) is 0 Å². The molecular formula is C25H34N4OS. The molecule has 1 aliphatic rings. The minimum atomic E-state index is 0.151. The van der Waals surface area contributed by atoms with Crippen LogP contribution in [0.1, 0.15) is 58.2 Å². The lowest BCUT2D eigenvalue weighted by molar-refractivity contribution is -0.121. The highest BCUT2D eigenvalue weighted by Crippen LogP contribution is 2.28. The predicted octanol–water partition coefficient (Wildman–Crippen LogP) is 5.51.